The Morgan fingerprint density at radius 2 is 1.86 bits per heavy atom. The summed E-state index contributed by atoms with van der Waals surface area (Å²) in [6.45, 7) is 7.06. The number of rotatable bonds is 7. The summed E-state index contributed by atoms with van der Waals surface area (Å²) in [7, 11) is 0. The molecule has 2 aromatic heterocycles. The predicted octanol–water partition coefficient (Wildman–Crippen LogP) is 7.48. The number of nitrogens with one attached hydrogen (secondary N) is 1. The third-order valence-electron chi connectivity index (χ3n) is 6.54. The molecule has 0 amide bonds. The lowest BCUT2D eigenvalue weighted by Crippen LogP contribution is -2.38. The molecule has 1 fully saturated rings. The van der Waals surface area contributed by atoms with Crippen molar-refractivity contribution in [1.82, 2.24) is 14.9 Å². The first-order chi connectivity index (χ1) is 18.0. The molecule has 3 heterocycles. The number of nitriles is 1. The van der Waals surface area contributed by atoms with Crippen molar-refractivity contribution in [3.63, 3.8) is 0 Å². The maximum absolute atomic E-state index is 8.84. The number of aryl methyl sites for hydroxylation is 2. The van der Waals surface area contributed by atoms with E-state index >= 15 is 0 Å². The maximum atomic E-state index is 8.84. The molecule has 0 atom stereocenters. The average Bonchev–Trinajstić information content (AvgIpc) is 3.36. The van der Waals surface area contributed by atoms with Gasteiger partial charge in [0, 0.05) is 36.2 Å². The van der Waals surface area contributed by atoms with E-state index in [0.717, 1.165) is 69.6 Å². The molecular weight excluding hydrogens is 546 g/mol. The Balaban J connectivity index is 1.29. The minimum Gasteiger partial charge on any atom is -0.437 e. The van der Waals surface area contributed by atoms with Gasteiger partial charge in [0.15, 0.2) is 0 Å². The molecule has 5 rings (SSSR count). The van der Waals surface area contributed by atoms with Crippen LogP contribution in [-0.2, 0) is 6.54 Å². The van der Waals surface area contributed by atoms with Gasteiger partial charge in [0.05, 0.1) is 11.6 Å². The molecule has 2 aromatic carbocycles. The molecule has 0 aliphatic carbocycles. The van der Waals surface area contributed by atoms with Gasteiger partial charge in [0.2, 0.25) is 11.8 Å². The fourth-order valence-electron chi connectivity index (χ4n) is 4.71. The number of allylic oxidation sites excluding steroid dienone is 1. The number of ether oxygens (including phenoxy) is 1. The number of anilines is 1. The van der Waals surface area contributed by atoms with Crippen molar-refractivity contribution in [2.24, 2.45) is 0 Å². The van der Waals surface area contributed by atoms with Crippen LogP contribution < -0.4 is 10.1 Å². The molecule has 0 radical (unpaired) electrons. The molecule has 1 aliphatic heterocycles. The number of benzene rings is 2. The summed E-state index contributed by atoms with van der Waals surface area (Å²) in [6, 6.07) is 17.0. The summed E-state index contributed by atoms with van der Waals surface area (Å²) in [6.07, 6.45) is 5.36. The van der Waals surface area contributed by atoms with E-state index in [-0.39, 0.29) is 0 Å². The first-order valence-electron chi connectivity index (χ1n) is 12.3. The Labute approximate surface area is 229 Å². The molecule has 0 bridgehead atoms. The van der Waals surface area contributed by atoms with Gasteiger partial charge in [0.25, 0.3) is 0 Å². The average molecular weight is 575 g/mol. The lowest BCUT2D eigenvalue weighted by molar-refractivity contribution is 0.211. The molecule has 6 nitrogen and oxygen atoms in total. The van der Waals surface area contributed by atoms with Crippen molar-refractivity contribution in [3.05, 3.63) is 80.6 Å². The van der Waals surface area contributed by atoms with E-state index in [4.69, 9.17) is 20.0 Å². The summed E-state index contributed by atoms with van der Waals surface area (Å²) in [5.74, 6) is 1.97. The Bertz CT molecular complexity index is 1440. The van der Waals surface area contributed by atoms with Gasteiger partial charge >= 0.3 is 0 Å². The quantitative estimate of drug-likeness (QED) is 0.231. The van der Waals surface area contributed by atoms with Gasteiger partial charge in [0.1, 0.15) is 10.4 Å². The highest BCUT2D eigenvalue weighted by molar-refractivity contribution is 9.10. The van der Waals surface area contributed by atoms with E-state index in [1.165, 1.54) is 11.6 Å². The van der Waals surface area contributed by atoms with Crippen molar-refractivity contribution in [2.75, 3.05) is 18.4 Å². The first-order valence-corrected chi connectivity index (χ1v) is 14.0. The molecular formula is C29H28BrN5OS. The number of thiophene rings is 1. The molecule has 0 saturated carbocycles. The molecule has 0 spiro atoms. The van der Waals surface area contributed by atoms with Crippen LogP contribution >= 0.6 is 27.3 Å². The number of piperidine rings is 1. The van der Waals surface area contributed by atoms with Crippen LogP contribution in [0.15, 0.2) is 58.4 Å². The van der Waals surface area contributed by atoms with Crippen LogP contribution in [0.2, 0.25) is 0 Å². The lowest BCUT2D eigenvalue weighted by Gasteiger charge is -2.32. The van der Waals surface area contributed by atoms with Crippen LogP contribution in [0.5, 0.6) is 11.6 Å². The number of aromatic nitrogens is 2. The Morgan fingerprint density at radius 3 is 2.57 bits per heavy atom. The van der Waals surface area contributed by atoms with Gasteiger partial charge in [-0.15, -0.1) is 11.3 Å². The number of halogens is 1. The largest absolute Gasteiger partial charge is 0.437 e. The van der Waals surface area contributed by atoms with E-state index in [2.05, 4.69) is 50.4 Å². The normalized spacial score (nSPS) is 14.8. The maximum Gasteiger partial charge on any atom is 0.242 e. The fraction of sp³-hybridized carbons (Fsp3) is 0.276. The highest BCUT2D eigenvalue weighted by atomic mass is 79.9. The van der Waals surface area contributed by atoms with Gasteiger partial charge in [-0.2, -0.15) is 10.2 Å². The zero-order chi connectivity index (χ0) is 25.8. The van der Waals surface area contributed by atoms with Crippen molar-refractivity contribution in [2.45, 2.75) is 39.3 Å². The van der Waals surface area contributed by atoms with Crippen LogP contribution in [0.25, 0.3) is 16.3 Å². The minimum atomic E-state index is 0.319. The van der Waals surface area contributed by atoms with Gasteiger partial charge < -0.3 is 10.1 Å². The topological polar surface area (TPSA) is 74.1 Å². The highest BCUT2D eigenvalue weighted by Gasteiger charge is 2.21. The second kappa shape index (κ2) is 11.4. The summed E-state index contributed by atoms with van der Waals surface area (Å²) < 4.78 is 8.46. The third kappa shape index (κ3) is 6.19. The minimum absolute atomic E-state index is 0.319. The Morgan fingerprint density at radius 1 is 1.14 bits per heavy atom. The van der Waals surface area contributed by atoms with Gasteiger partial charge in [-0.05, 0) is 90.7 Å². The molecule has 0 unspecified atom stereocenters. The third-order valence-corrected chi connectivity index (χ3v) is 7.96. The molecule has 188 valence electrons. The number of fused-ring (bicyclic) bond motifs is 1. The standard InChI is InChI=1S/C29H28BrN5OS/c1-19-16-22(4-3-12-31)17-20(2)26(19)36-28-27-25(11-15-37-27)33-29(34-28)32-24-9-13-35(14-10-24)18-21-5-7-23(30)8-6-21/h3-8,11,15-17,24H,9-10,13-14,18H2,1-2H3,(H,32,33,34)/b4-3+. The number of hydrogen-bond acceptors (Lipinski definition) is 7. The van der Waals surface area contributed by atoms with Gasteiger partial charge in [-0.25, -0.2) is 4.98 Å². The van der Waals surface area contributed by atoms with E-state index in [9.17, 15) is 0 Å². The first kappa shape index (κ1) is 25.4. The second-order valence-corrected chi connectivity index (χ2v) is 11.2. The number of nitrogens with zero attached hydrogens (tertiary/aromatic N) is 4. The van der Waals surface area contributed by atoms with Crippen molar-refractivity contribution >= 4 is 49.5 Å². The fourth-order valence-corrected chi connectivity index (χ4v) is 5.73. The molecule has 37 heavy (non-hydrogen) atoms. The summed E-state index contributed by atoms with van der Waals surface area (Å²) in [4.78, 5) is 12.1. The van der Waals surface area contributed by atoms with Crippen molar-refractivity contribution in [3.8, 4) is 17.7 Å². The molecule has 1 saturated heterocycles. The number of hydrogen-bond donors (Lipinski definition) is 1. The van der Waals surface area contributed by atoms with Gasteiger partial charge in [-0.1, -0.05) is 28.1 Å². The zero-order valence-electron chi connectivity index (χ0n) is 20.9. The van der Waals surface area contributed by atoms with Crippen LogP contribution in [0.4, 0.5) is 5.95 Å². The molecule has 1 N–H and O–H groups in total. The van der Waals surface area contributed by atoms with Crippen molar-refractivity contribution < 1.29 is 4.74 Å². The van der Waals surface area contributed by atoms with Crippen molar-refractivity contribution in [1.29, 1.82) is 5.26 Å². The SMILES string of the molecule is Cc1cc(/C=C/C#N)cc(C)c1Oc1nc(NC2CCN(Cc3ccc(Br)cc3)CC2)nc2ccsc12. The Kier molecular flexibility index (Phi) is 7.85. The van der Waals surface area contributed by atoms with E-state index < -0.39 is 0 Å². The Hall–Kier alpha value is -3.25. The zero-order valence-corrected chi connectivity index (χ0v) is 23.3. The molecule has 8 heteroatoms. The monoisotopic (exact) mass is 573 g/mol. The van der Waals surface area contributed by atoms with Crippen LogP contribution in [-0.4, -0.2) is 34.0 Å². The summed E-state index contributed by atoms with van der Waals surface area (Å²) in [5, 5.41) is 14.4. The van der Waals surface area contributed by atoms with Crippen LogP contribution in [0.3, 0.4) is 0 Å². The molecule has 1 aliphatic rings. The predicted molar refractivity (Wildman–Crippen MR) is 154 cm³/mol. The van der Waals surface area contributed by atoms with Crippen LogP contribution in [0.1, 0.15) is 35.1 Å². The van der Waals surface area contributed by atoms with E-state index in [0.29, 0.717) is 17.9 Å². The summed E-state index contributed by atoms with van der Waals surface area (Å²) >= 11 is 5.09. The number of likely N-dealkylation sites (tertiary alicyclic amines) is 1. The molecule has 4 aromatic rings. The lowest BCUT2D eigenvalue weighted by atomic mass is 10.0. The summed E-state index contributed by atoms with van der Waals surface area (Å²) in [5.41, 5.74) is 5.18. The van der Waals surface area contributed by atoms with E-state index in [1.54, 1.807) is 17.4 Å². The smallest absolute Gasteiger partial charge is 0.242 e. The van der Waals surface area contributed by atoms with Gasteiger partial charge in [-0.3, -0.25) is 4.90 Å². The van der Waals surface area contributed by atoms with E-state index in [1.807, 2.05) is 43.5 Å². The van der Waals surface area contributed by atoms with Crippen LogP contribution in [0, 0.1) is 25.2 Å². The highest BCUT2D eigenvalue weighted by Crippen LogP contribution is 2.36. The second-order valence-electron chi connectivity index (χ2n) is 9.36.